The molecule has 0 radical (unpaired) electrons. The molecule has 1 saturated carbocycles. The molecule has 0 aromatic heterocycles. The van der Waals surface area contributed by atoms with Gasteiger partial charge in [0.1, 0.15) is 0 Å². The average Bonchev–Trinajstić information content (AvgIpc) is 3.27. The van der Waals surface area contributed by atoms with Gasteiger partial charge in [-0.2, -0.15) is 0 Å². The summed E-state index contributed by atoms with van der Waals surface area (Å²) in [6, 6.07) is 23.9. The quantitative estimate of drug-likeness (QED) is 0.379. The van der Waals surface area contributed by atoms with Gasteiger partial charge in [0.2, 0.25) is 0 Å². The summed E-state index contributed by atoms with van der Waals surface area (Å²) >= 11 is 0. The fraction of sp³-hybridized carbons (Fsp3) is 0.312. The second-order valence-corrected chi connectivity index (χ2v) is 10.6. The van der Waals surface area contributed by atoms with Gasteiger partial charge in [-0.15, -0.1) is 0 Å². The third kappa shape index (κ3) is 5.50. The Balaban J connectivity index is 1.53. The summed E-state index contributed by atoms with van der Waals surface area (Å²) < 4.78 is 0. The third-order valence-electron chi connectivity index (χ3n) is 7.49. The van der Waals surface area contributed by atoms with E-state index >= 15 is 0 Å². The van der Waals surface area contributed by atoms with Crippen LogP contribution in [-0.4, -0.2) is 48.8 Å². The molecule has 2 amide bonds. The largest absolute Gasteiger partial charge is 0.354 e. The zero-order valence-corrected chi connectivity index (χ0v) is 22.5. The van der Waals surface area contributed by atoms with Crippen LogP contribution in [0.25, 0.3) is 11.3 Å². The van der Waals surface area contributed by atoms with Crippen molar-refractivity contribution >= 4 is 34.5 Å². The van der Waals surface area contributed by atoms with Gasteiger partial charge in [-0.25, -0.2) is 0 Å². The zero-order chi connectivity index (χ0) is 26.6. The molecule has 2 aliphatic rings. The van der Waals surface area contributed by atoms with Gasteiger partial charge >= 0.3 is 0 Å². The van der Waals surface area contributed by atoms with Crippen LogP contribution < -0.4 is 10.6 Å². The van der Waals surface area contributed by atoms with Gasteiger partial charge in [0.25, 0.3) is 11.8 Å². The number of hydrogen-bond acceptors (Lipinski definition) is 4. The molecule has 3 aromatic rings. The monoisotopic (exact) mass is 508 g/mol. The van der Waals surface area contributed by atoms with Gasteiger partial charge in [0.15, 0.2) is 0 Å². The van der Waals surface area contributed by atoms with Crippen LogP contribution in [0.2, 0.25) is 0 Å². The number of benzene rings is 3. The van der Waals surface area contributed by atoms with Crippen LogP contribution in [-0.2, 0) is 11.3 Å². The maximum absolute atomic E-state index is 13.5. The molecule has 38 heavy (non-hydrogen) atoms. The summed E-state index contributed by atoms with van der Waals surface area (Å²) in [4.78, 5) is 30.8. The van der Waals surface area contributed by atoms with Crippen LogP contribution in [0.4, 0.5) is 11.4 Å². The van der Waals surface area contributed by atoms with E-state index in [4.69, 9.17) is 0 Å². The SMILES string of the molecule is CN(C)Cc1ccc(N/C(=C2\C(=O)Nc3ccc(C(=O)N(C)C4CCCCC4)cc32)c2ccccc2)cc1. The standard InChI is InChI=1S/C32H36N4O2/c1-35(2)21-22-14-17-25(18-15-22)33-30(23-10-6-4-7-11-23)29-27-20-24(16-19-28(27)34-31(29)37)32(38)36(3)26-12-8-5-9-13-26/h4,6-7,10-11,14-20,26,33H,5,8-9,12-13,21H2,1-3H3,(H,34,37)/b30-29-. The Labute approximate surface area is 225 Å². The third-order valence-corrected chi connectivity index (χ3v) is 7.49. The number of fused-ring (bicyclic) bond motifs is 1. The van der Waals surface area contributed by atoms with Crippen molar-refractivity contribution < 1.29 is 9.59 Å². The van der Waals surface area contributed by atoms with Crippen molar-refractivity contribution in [1.82, 2.24) is 9.80 Å². The normalized spacial score (nSPS) is 16.7. The predicted octanol–water partition coefficient (Wildman–Crippen LogP) is 6.09. The highest BCUT2D eigenvalue weighted by molar-refractivity contribution is 6.37. The fourth-order valence-electron chi connectivity index (χ4n) is 5.47. The van der Waals surface area contributed by atoms with Gasteiger partial charge in [-0.05, 0) is 68.4 Å². The zero-order valence-electron chi connectivity index (χ0n) is 22.5. The van der Waals surface area contributed by atoms with Crippen molar-refractivity contribution in [3.8, 4) is 0 Å². The summed E-state index contributed by atoms with van der Waals surface area (Å²) in [6.45, 7) is 0.856. The van der Waals surface area contributed by atoms with E-state index in [0.717, 1.165) is 41.9 Å². The van der Waals surface area contributed by atoms with Crippen LogP contribution in [0.5, 0.6) is 0 Å². The van der Waals surface area contributed by atoms with E-state index in [1.54, 1.807) is 0 Å². The highest BCUT2D eigenvalue weighted by atomic mass is 16.2. The van der Waals surface area contributed by atoms with E-state index in [1.165, 1.54) is 24.8 Å². The van der Waals surface area contributed by atoms with Crippen molar-refractivity contribution in [3.05, 3.63) is 95.1 Å². The van der Waals surface area contributed by atoms with Crippen LogP contribution in [0.1, 0.15) is 59.2 Å². The minimum atomic E-state index is -0.180. The Kier molecular flexibility index (Phi) is 7.61. The molecule has 1 heterocycles. The lowest BCUT2D eigenvalue weighted by molar-refractivity contribution is -0.110. The van der Waals surface area contributed by atoms with E-state index < -0.39 is 0 Å². The number of nitrogens with zero attached hydrogens (tertiary/aromatic N) is 2. The summed E-state index contributed by atoms with van der Waals surface area (Å²) in [6.07, 6.45) is 5.68. The molecular formula is C32H36N4O2. The molecule has 5 rings (SSSR count). The highest BCUT2D eigenvalue weighted by Gasteiger charge is 2.30. The van der Waals surface area contributed by atoms with Gasteiger partial charge in [0, 0.05) is 42.1 Å². The smallest absolute Gasteiger partial charge is 0.258 e. The second kappa shape index (κ2) is 11.2. The van der Waals surface area contributed by atoms with Crippen LogP contribution >= 0.6 is 0 Å². The molecule has 0 bridgehead atoms. The maximum Gasteiger partial charge on any atom is 0.258 e. The summed E-state index contributed by atoms with van der Waals surface area (Å²) in [5.41, 5.74) is 6.33. The lowest BCUT2D eigenvalue weighted by Crippen LogP contribution is -2.38. The van der Waals surface area contributed by atoms with Crippen molar-refractivity contribution in [2.24, 2.45) is 0 Å². The summed E-state index contributed by atoms with van der Waals surface area (Å²) in [5.74, 6) is -0.176. The first-order chi connectivity index (χ1) is 18.4. The predicted molar refractivity (Wildman–Crippen MR) is 155 cm³/mol. The second-order valence-electron chi connectivity index (χ2n) is 10.6. The molecule has 0 spiro atoms. The van der Waals surface area contributed by atoms with Crippen molar-refractivity contribution in [2.75, 3.05) is 31.8 Å². The van der Waals surface area contributed by atoms with E-state index in [2.05, 4.69) is 27.7 Å². The number of amides is 2. The molecule has 196 valence electrons. The van der Waals surface area contributed by atoms with Crippen molar-refractivity contribution in [2.45, 2.75) is 44.7 Å². The van der Waals surface area contributed by atoms with E-state index in [1.807, 2.05) is 86.7 Å². The first-order valence-corrected chi connectivity index (χ1v) is 13.4. The first kappa shape index (κ1) is 25.7. The van der Waals surface area contributed by atoms with Crippen molar-refractivity contribution in [3.63, 3.8) is 0 Å². The summed E-state index contributed by atoms with van der Waals surface area (Å²) in [5, 5.41) is 6.53. The molecule has 6 heteroatoms. The molecule has 1 fully saturated rings. The van der Waals surface area contributed by atoms with Crippen LogP contribution in [0.3, 0.4) is 0 Å². The number of anilines is 2. The van der Waals surface area contributed by atoms with Gasteiger partial charge in [-0.3, -0.25) is 9.59 Å². The maximum atomic E-state index is 13.5. The number of rotatable bonds is 7. The number of carbonyl (C=O) groups excluding carboxylic acids is 2. The first-order valence-electron chi connectivity index (χ1n) is 13.4. The topological polar surface area (TPSA) is 64.7 Å². The lowest BCUT2D eigenvalue weighted by Gasteiger charge is -2.31. The molecule has 3 aromatic carbocycles. The molecule has 1 aliphatic carbocycles. The van der Waals surface area contributed by atoms with Crippen molar-refractivity contribution in [1.29, 1.82) is 0 Å². The Bertz CT molecular complexity index is 1340. The van der Waals surface area contributed by atoms with Crippen LogP contribution in [0.15, 0.2) is 72.8 Å². The lowest BCUT2D eigenvalue weighted by atomic mass is 9.93. The number of carbonyl (C=O) groups is 2. The minimum absolute atomic E-state index is 0.00380. The van der Waals surface area contributed by atoms with Crippen LogP contribution in [0, 0.1) is 0 Å². The highest BCUT2D eigenvalue weighted by Crippen LogP contribution is 2.38. The van der Waals surface area contributed by atoms with E-state index in [0.29, 0.717) is 16.8 Å². The number of hydrogen-bond donors (Lipinski definition) is 2. The Morgan fingerprint density at radius 3 is 2.29 bits per heavy atom. The molecule has 0 unspecified atom stereocenters. The average molecular weight is 509 g/mol. The molecule has 0 atom stereocenters. The van der Waals surface area contributed by atoms with Gasteiger partial charge in [0.05, 0.1) is 11.3 Å². The molecule has 2 N–H and O–H groups in total. The fourth-order valence-corrected chi connectivity index (χ4v) is 5.47. The summed E-state index contributed by atoms with van der Waals surface area (Å²) in [7, 11) is 6.00. The van der Waals surface area contributed by atoms with Gasteiger partial charge < -0.3 is 20.4 Å². The molecule has 0 saturated heterocycles. The van der Waals surface area contributed by atoms with E-state index in [9.17, 15) is 9.59 Å². The van der Waals surface area contributed by atoms with Gasteiger partial charge in [-0.1, -0.05) is 61.7 Å². The van der Waals surface area contributed by atoms with E-state index in [-0.39, 0.29) is 17.9 Å². The number of nitrogens with one attached hydrogen (secondary N) is 2. The minimum Gasteiger partial charge on any atom is -0.354 e. The molecular weight excluding hydrogens is 472 g/mol. The molecule has 6 nitrogen and oxygen atoms in total. The Morgan fingerprint density at radius 2 is 1.61 bits per heavy atom. The Hall–Kier alpha value is -3.90. The molecule has 1 aliphatic heterocycles. The Morgan fingerprint density at radius 1 is 0.895 bits per heavy atom.